The van der Waals surface area contributed by atoms with Gasteiger partial charge in [-0.3, -0.25) is 4.99 Å². The molecule has 0 atom stereocenters. The maximum Gasteiger partial charge on any atom is 0.0662 e. The first-order valence-corrected chi connectivity index (χ1v) is 6.50. The van der Waals surface area contributed by atoms with Crippen LogP contribution in [-0.2, 0) is 0 Å². The molecule has 0 radical (unpaired) electrons. The number of rotatable bonds is 3. The van der Waals surface area contributed by atoms with E-state index in [9.17, 15) is 0 Å². The van der Waals surface area contributed by atoms with Gasteiger partial charge in [-0.25, -0.2) is 0 Å². The van der Waals surface area contributed by atoms with E-state index in [1.807, 2.05) is 26.8 Å². The fourth-order valence-corrected chi connectivity index (χ4v) is 1.97. The van der Waals surface area contributed by atoms with E-state index in [4.69, 9.17) is 5.73 Å². The first-order valence-electron chi connectivity index (χ1n) is 6.50. The molecule has 1 rings (SSSR count). The van der Waals surface area contributed by atoms with Crippen molar-refractivity contribution in [2.75, 3.05) is 6.54 Å². The van der Waals surface area contributed by atoms with Crippen LogP contribution in [0.3, 0.4) is 0 Å². The Bertz CT molecular complexity index is 344. The van der Waals surface area contributed by atoms with Crippen LogP contribution < -0.4 is 5.73 Å². The Morgan fingerprint density at radius 2 is 2.06 bits per heavy atom. The molecule has 0 heterocycles. The number of nitrogens with zero attached hydrogens (tertiary/aromatic N) is 1. The van der Waals surface area contributed by atoms with E-state index >= 15 is 0 Å². The second-order valence-electron chi connectivity index (χ2n) is 3.80. The molecule has 0 amide bonds. The maximum absolute atomic E-state index is 5.45. The van der Waals surface area contributed by atoms with Gasteiger partial charge >= 0.3 is 0 Å². The zero-order chi connectivity index (χ0) is 13.3. The van der Waals surface area contributed by atoms with Gasteiger partial charge in [0, 0.05) is 12.1 Å². The van der Waals surface area contributed by atoms with Crippen LogP contribution in [-0.4, -0.2) is 12.3 Å². The van der Waals surface area contributed by atoms with Crippen molar-refractivity contribution >= 4 is 5.71 Å². The van der Waals surface area contributed by atoms with Crippen LogP contribution in [0.1, 0.15) is 47.5 Å². The number of aliphatic imine (C=N–C) groups is 1. The minimum atomic E-state index is 0.795. The van der Waals surface area contributed by atoms with Crippen molar-refractivity contribution < 1.29 is 0 Å². The van der Waals surface area contributed by atoms with Gasteiger partial charge in [0.15, 0.2) is 0 Å². The third-order valence-corrected chi connectivity index (χ3v) is 2.63. The fourth-order valence-electron chi connectivity index (χ4n) is 1.97. The van der Waals surface area contributed by atoms with Crippen molar-refractivity contribution in [1.29, 1.82) is 0 Å². The highest BCUT2D eigenvalue weighted by Gasteiger charge is 2.13. The van der Waals surface area contributed by atoms with E-state index in [2.05, 4.69) is 24.9 Å². The average Bonchev–Trinajstić information content (AvgIpc) is 2.32. The van der Waals surface area contributed by atoms with Gasteiger partial charge in [0.1, 0.15) is 0 Å². The Labute approximate surface area is 106 Å². The van der Waals surface area contributed by atoms with Crippen LogP contribution >= 0.6 is 0 Å². The van der Waals surface area contributed by atoms with Gasteiger partial charge in [-0.1, -0.05) is 25.5 Å². The molecule has 2 heteroatoms. The molecule has 0 unspecified atom stereocenters. The molecule has 0 fully saturated rings. The van der Waals surface area contributed by atoms with E-state index in [-0.39, 0.29) is 0 Å². The van der Waals surface area contributed by atoms with Gasteiger partial charge in [-0.15, -0.1) is 0 Å². The number of nitrogens with two attached hydrogens (primary N) is 1. The lowest BCUT2D eigenvalue weighted by Gasteiger charge is -2.17. The lowest BCUT2D eigenvalue weighted by molar-refractivity contribution is 0.933. The smallest absolute Gasteiger partial charge is 0.0662 e. The number of hydrogen-bond donors (Lipinski definition) is 1. The molecule has 1 aliphatic rings. The van der Waals surface area contributed by atoms with Crippen molar-refractivity contribution in [1.82, 2.24) is 0 Å². The van der Waals surface area contributed by atoms with Crippen molar-refractivity contribution in [3.05, 3.63) is 35.1 Å². The molecule has 0 saturated heterocycles. The van der Waals surface area contributed by atoms with Gasteiger partial charge in [0.25, 0.3) is 0 Å². The second kappa shape index (κ2) is 8.80. The highest BCUT2D eigenvalue weighted by atomic mass is 14.7. The van der Waals surface area contributed by atoms with Crippen molar-refractivity contribution in [2.45, 2.75) is 47.5 Å². The number of hydrogen-bond acceptors (Lipinski definition) is 2. The van der Waals surface area contributed by atoms with Crippen LogP contribution in [0.15, 0.2) is 40.1 Å². The van der Waals surface area contributed by atoms with Crippen LogP contribution in [0.4, 0.5) is 0 Å². The molecule has 0 bridgehead atoms. The zero-order valence-electron chi connectivity index (χ0n) is 11.9. The zero-order valence-corrected chi connectivity index (χ0v) is 11.9. The third-order valence-electron chi connectivity index (χ3n) is 2.63. The van der Waals surface area contributed by atoms with E-state index in [0.717, 1.165) is 25.1 Å². The van der Waals surface area contributed by atoms with E-state index in [0.29, 0.717) is 0 Å². The lowest BCUT2D eigenvalue weighted by atomic mass is 9.89. The van der Waals surface area contributed by atoms with Gasteiger partial charge in [-0.05, 0) is 51.5 Å². The minimum Gasteiger partial charge on any atom is -0.405 e. The Hall–Kier alpha value is -1.31. The summed E-state index contributed by atoms with van der Waals surface area (Å²) in [6.45, 7) is 11.2. The standard InChI is InChI=1S/C13H20N2.C2H6/c1-4-15-12(8-9-14)13-10(2)6-5-7-11(13)3;1-2/h6,8-9H,4-5,7,14H2,1-3H3;1-2H3/b9-8-,15-12?;. The van der Waals surface area contributed by atoms with Crippen LogP contribution in [0.25, 0.3) is 0 Å². The Kier molecular flexibility index (Phi) is 8.12. The molecule has 0 saturated carbocycles. The molecule has 0 spiro atoms. The fraction of sp³-hybridized carbons (Fsp3) is 0.533. The van der Waals surface area contributed by atoms with Crippen molar-refractivity contribution in [2.24, 2.45) is 10.7 Å². The number of allylic oxidation sites excluding steroid dienone is 5. The SMILES string of the molecule is CC.CCN=C(/C=C\N)C1=C(C)CCC=C1C. The predicted octanol–water partition coefficient (Wildman–Crippen LogP) is 4.00. The topological polar surface area (TPSA) is 38.4 Å². The molecule has 2 nitrogen and oxygen atoms in total. The quantitative estimate of drug-likeness (QED) is 0.736. The summed E-state index contributed by atoms with van der Waals surface area (Å²) in [5.74, 6) is 0. The molecule has 96 valence electrons. The third kappa shape index (κ3) is 4.59. The van der Waals surface area contributed by atoms with E-state index in [1.165, 1.54) is 16.7 Å². The maximum atomic E-state index is 5.45. The summed E-state index contributed by atoms with van der Waals surface area (Å²) in [6, 6.07) is 0. The Morgan fingerprint density at radius 1 is 1.41 bits per heavy atom. The average molecular weight is 234 g/mol. The van der Waals surface area contributed by atoms with Crippen LogP contribution in [0.2, 0.25) is 0 Å². The Balaban J connectivity index is 0.00000121. The molecule has 17 heavy (non-hydrogen) atoms. The summed E-state index contributed by atoms with van der Waals surface area (Å²) in [5.41, 5.74) is 10.5. The largest absolute Gasteiger partial charge is 0.405 e. The Morgan fingerprint density at radius 3 is 2.53 bits per heavy atom. The van der Waals surface area contributed by atoms with Gasteiger partial charge < -0.3 is 5.73 Å². The predicted molar refractivity (Wildman–Crippen MR) is 78.3 cm³/mol. The van der Waals surface area contributed by atoms with Crippen LogP contribution in [0, 0.1) is 0 Å². The summed E-state index contributed by atoms with van der Waals surface area (Å²) in [4.78, 5) is 4.49. The molecule has 2 N–H and O–H groups in total. The minimum absolute atomic E-state index is 0.795. The summed E-state index contributed by atoms with van der Waals surface area (Å²) in [7, 11) is 0. The van der Waals surface area contributed by atoms with E-state index < -0.39 is 0 Å². The summed E-state index contributed by atoms with van der Waals surface area (Å²) in [5, 5.41) is 0. The van der Waals surface area contributed by atoms with Crippen molar-refractivity contribution in [3.8, 4) is 0 Å². The second-order valence-corrected chi connectivity index (χ2v) is 3.80. The van der Waals surface area contributed by atoms with Gasteiger partial charge in [-0.2, -0.15) is 0 Å². The molecule has 0 aliphatic heterocycles. The first-order chi connectivity index (χ1) is 8.20. The lowest BCUT2D eigenvalue weighted by Crippen LogP contribution is -2.08. The molecular weight excluding hydrogens is 208 g/mol. The van der Waals surface area contributed by atoms with Crippen LogP contribution in [0.5, 0.6) is 0 Å². The normalized spacial score (nSPS) is 16.8. The van der Waals surface area contributed by atoms with Gasteiger partial charge in [0.05, 0.1) is 5.71 Å². The molecule has 0 aromatic rings. The summed E-state index contributed by atoms with van der Waals surface area (Å²) in [6.07, 6.45) is 8.01. The van der Waals surface area contributed by atoms with Gasteiger partial charge in [0.2, 0.25) is 0 Å². The molecular formula is C15H26N2. The highest BCUT2D eigenvalue weighted by molar-refractivity contribution is 6.11. The summed E-state index contributed by atoms with van der Waals surface area (Å²) < 4.78 is 0. The highest BCUT2D eigenvalue weighted by Crippen LogP contribution is 2.26. The van der Waals surface area contributed by atoms with Crippen molar-refractivity contribution in [3.63, 3.8) is 0 Å². The molecule has 1 aliphatic carbocycles. The monoisotopic (exact) mass is 234 g/mol. The molecule has 0 aromatic heterocycles. The summed E-state index contributed by atoms with van der Waals surface area (Å²) >= 11 is 0. The molecule has 0 aromatic carbocycles. The van der Waals surface area contributed by atoms with E-state index in [1.54, 1.807) is 6.20 Å². The first kappa shape index (κ1) is 15.7.